The Hall–Kier alpha value is -2.36. The van der Waals surface area contributed by atoms with Crippen LogP contribution in [0.4, 0.5) is 5.82 Å². The average molecular weight is 238 g/mol. The van der Waals surface area contributed by atoms with E-state index in [2.05, 4.69) is 9.97 Å². The monoisotopic (exact) mass is 238 g/mol. The summed E-state index contributed by atoms with van der Waals surface area (Å²) in [5.74, 6) is 0.626. The maximum Gasteiger partial charge on any atom is 0.139 e. The molecule has 0 fully saturated rings. The minimum Gasteiger partial charge on any atom is -0.383 e. The molecule has 0 saturated carbocycles. The van der Waals surface area contributed by atoms with Crippen LogP contribution in [0, 0.1) is 13.8 Å². The average Bonchev–Trinajstić information content (AvgIpc) is 2.67. The van der Waals surface area contributed by atoms with E-state index in [0.29, 0.717) is 5.82 Å². The largest absolute Gasteiger partial charge is 0.383 e. The number of nitrogens with zero attached hydrogens (tertiary/aromatic N) is 3. The Bertz CT molecular complexity index is 710. The van der Waals surface area contributed by atoms with Crippen LogP contribution in [0.25, 0.3) is 17.0 Å². The molecule has 3 aromatic rings. The van der Waals surface area contributed by atoms with Crippen LogP contribution in [0.1, 0.15) is 11.1 Å². The van der Waals surface area contributed by atoms with Crippen LogP contribution in [0.3, 0.4) is 0 Å². The quantitative estimate of drug-likeness (QED) is 0.709. The number of pyridine rings is 2. The summed E-state index contributed by atoms with van der Waals surface area (Å²) >= 11 is 0. The van der Waals surface area contributed by atoms with Gasteiger partial charge in [-0.2, -0.15) is 0 Å². The van der Waals surface area contributed by atoms with Gasteiger partial charge in [-0.15, -0.1) is 0 Å². The number of anilines is 1. The van der Waals surface area contributed by atoms with Gasteiger partial charge in [-0.3, -0.25) is 9.38 Å². The number of aromatic nitrogens is 3. The van der Waals surface area contributed by atoms with Crippen molar-refractivity contribution in [1.82, 2.24) is 14.4 Å². The first-order valence-electron chi connectivity index (χ1n) is 5.82. The van der Waals surface area contributed by atoms with Gasteiger partial charge in [0.05, 0.1) is 5.69 Å². The first-order valence-corrected chi connectivity index (χ1v) is 5.82. The minimum absolute atomic E-state index is 0.626. The predicted octanol–water partition coefficient (Wildman–Crippen LogP) is 2.60. The molecule has 90 valence electrons. The third-order valence-electron chi connectivity index (χ3n) is 2.97. The van der Waals surface area contributed by atoms with Gasteiger partial charge in [-0.25, -0.2) is 4.98 Å². The summed E-state index contributed by atoms with van der Waals surface area (Å²) in [5, 5.41) is 0. The second-order valence-electron chi connectivity index (χ2n) is 4.50. The molecule has 0 aliphatic rings. The number of nitrogen functional groups attached to an aromatic ring is 1. The van der Waals surface area contributed by atoms with Crippen LogP contribution in [0.5, 0.6) is 0 Å². The summed E-state index contributed by atoms with van der Waals surface area (Å²) in [6, 6.07) is 7.98. The number of hydrogen-bond donors (Lipinski definition) is 1. The van der Waals surface area contributed by atoms with Crippen molar-refractivity contribution in [2.45, 2.75) is 13.8 Å². The van der Waals surface area contributed by atoms with Crippen molar-refractivity contribution in [3.8, 4) is 11.4 Å². The highest BCUT2D eigenvalue weighted by Gasteiger charge is 2.11. The molecule has 18 heavy (non-hydrogen) atoms. The zero-order valence-corrected chi connectivity index (χ0v) is 10.4. The Morgan fingerprint density at radius 1 is 1.11 bits per heavy atom. The lowest BCUT2D eigenvalue weighted by Gasteiger charge is -1.99. The van der Waals surface area contributed by atoms with E-state index in [1.807, 2.05) is 54.9 Å². The molecule has 4 nitrogen and oxygen atoms in total. The molecule has 0 bridgehead atoms. The zero-order chi connectivity index (χ0) is 12.7. The van der Waals surface area contributed by atoms with E-state index < -0.39 is 0 Å². The van der Waals surface area contributed by atoms with Gasteiger partial charge in [0.25, 0.3) is 0 Å². The van der Waals surface area contributed by atoms with Gasteiger partial charge in [-0.05, 0) is 43.2 Å². The van der Waals surface area contributed by atoms with Crippen molar-refractivity contribution in [3.63, 3.8) is 0 Å². The molecule has 3 rings (SSSR count). The molecule has 0 radical (unpaired) electrons. The van der Waals surface area contributed by atoms with Crippen molar-refractivity contribution in [2.24, 2.45) is 0 Å². The SMILES string of the molecule is Cc1ccc(-c2nc3cc(C)ccn3c2N)nc1. The van der Waals surface area contributed by atoms with Gasteiger partial charge in [0.15, 0.2) is 0 Å². The fourth-order valence-electron chi connectivity index (χ4n) is 1.96. The highest BCUT2D eigenvalue weighted by atomic mass is 15.1. The topological polar surface area (TPSA) is 56.2 Å². The van der Waals surface area contributed by atoms with Crippen molar-refractivity contribution in [1.29, 1.82) is 0 Å². The molecule has 2 N–H and O–H groups in total. The molecule has 0 amide bonds. The Morgan fingerprint density at radius 2 is 1.94 bits per heavy atom. The molecular weight excluding hydrogens is 224 g/mol. The van der Waals surface area contributed by atoms with Crippen molar-refractivity contribution in [3.05, 3.63) is 47.8 Å². The second-order valence-corrected chi connectivity index (χ2v) is 4.50. The van der Waals surface area contributed by atoms with E-state index in [4.69, 9.17) is 5.73 Å². The maximum atomic E-state index is 6.12. The molecule has 0 aromatic carbocycles. The molecule has 0 spiro atoms. The molecule has 0 unspecified atom stereocenters. The van der Waals surface area contributed by atoms with Crippen LogP contribution >= 0.6 is 0 Å². The fraction of sp³-hybridized carbons (Fsp3) is 0.143. The van der Waals surface area contributed by atoms with Crippen LogP contribution in [-0.2, 0) is 0 Å². The van der Waals surface area contributed by atoms with Gasteiger partial charge in [0.1, 0.15) is 17.2 Å². The van der Waals surface area contributed by atoms with Crippen molar-refractivity contribution < 1.29 is 0 Å². The number of aryl methyl sites for hydroxylation is 2. The number of rotatable bonds is 1. The molecule has 3 aromatic heterocycles. The number of hydrogen-bond acceptors (Lipinski definition) is 3. The Balaban J connectivity index is 2.23. The Labute approximate surface area is 105 Å². The van der Waals surface area contributed by atoms with E-state index in [1.165, 1.54) is 0 Å². The lowest BCUT2D eigenvalue weighted by Crippen LogP contribution is -1.94. The van der Waals surface area contributed by atoms with Gasteiger partial charge >= 0.3 is 0 Å². The number of nitrogens with two attached hydrogens (primary N) is 1. The highest BCUT2D eigenvalue weighted by Crippen LogP contribution is 2.25. The van der Waals surface area contributed by atoms with E-state index in [9.17, 15) is 0 Å². The van der Waals surface area contributed by atoms with Gasteiger partial charge < -0.3 is 5.73 Å². The molecule has 0 atom stereocenters. The molecule has 0 aliphatic carbocycles. The standard InChI is InChI=1S/C14H14N4/c1-9-5-6-18-12(7-9)17-13(14(18)15)11-4-3-10(2)8-16-11/h3-8H,15H2,1-2H3. The van der Waals surface area contributed by atoms with E-state index in [0.717, 1.165) is 28.2 Å². The normalized spacial score (nSPS) is 11.0. The van der Waals surface area contributed by atoms with E-state index >= 15 is 0 Å². The van der Waals surface area contributed by atoms with E-state index in [1.54, 1.807) is 0 Å². The third kappa shape index (κ3) is 1.62. The summed E-state index contributed by atoms with van der Waals surface area (Å²) in [7, 11) is 0. The summed E-state index contributed by atoms with van der Waals surface area (Å²) in [6.07, 6.45) is 3.76. The highest BCUT2D eigenvalue weighted by molar-refractivity contribution is 5.72. The van der Waals surface area contributed by atoms with Gasteiger partial charge in [0, 0.05) is 12.4 Å². The second kappa shape index (κ2) is 3.84. The fourth-order valence-corrected chi connectivity index (χ4v) is 1.96. The molecule has 0 aliphatic heterocycles. The van der Waals surface area contributed by atoms with Gasteiger partial charge in [0.2, 0.25) is 0 Å². The van der Waals surface area contributed by atoms with E-state index in [-0.39, 0.29) is 0 Å². The predicted molar refractivity (Wildman–Crippen MR) is 72.3 cm³/mol. The molecule has 4 heteroatoms. The Morgan fingerprint density at radius 3 is 2.67 bits per heavy atom. The lowest BCUT2D eigenvalue weighted by atomic mass is 10.2. The first-order chi connectivity index (χ1) is 8.65. The van der Waals surface area contributed by atoms with Crippen LogP contribution in [0.2, 0.25) is 0 Å². The molecular formula is C14H14N4. The van der Waals surface area contributed by atoms with Gasteiger partial charge in [-0.1, -0.05) is 6.07 Å². The smallest absolute Gasteiger partial charge is 0.139 e. The number of imidazole rings is 1. The Kier molecular flexibility index (Phi) is 2.30. The lowest BCUT2D eigenvalue weighted by molar-refractivity contribution is 1.18. The maximum absolute atomic E-state index is 6.12. The van der Waals surface area contributed by atoms with Crippen LogP contribution < -0.4 is 5.73 Å². The molecule has 0 saturated heterocycles. The summed E-state index contributed by atoms with van der Waals surface area (Å²) in [4.78, 5) is 8.92. The molecule has 3 heterocycles. The minimum atomic E-state index is 0.626. The van der Waals surface area contributed by atoms with Crippen molar-refractivity contribution in [2.75, 3.05) is 5.73 Å². The summed E-state index contributed by atoms with van der Waals surface area (Å²) in [5.41, 5.74) is 10.8. The van der Waals surface area contributed by atoms with Crippen LogP contribution in [-0.4, -0.2) is 14.4 Å². The third-order valence-corrected chi connectivity index (χ3v) is 2.97. The summed E-state index contributed by atoms with van der Waals surface area (Å²) in [6.45, 7) is 4.04. The summed E-state index contributed by atoms with van der Waals surface area (Å²) < 4.78 is 1.88. The number of fused-ring (bicyclic) bond motifs is 1. The van der Waals surface area contributed by atoms with Crippen LogP contribution in [0.15, 0.2) is 36.7 Å². The van der Waals surface area contributed by atoms with Crippen molar-refractivity contribution >= 4 is 11.5 Å². The first kappa shape index (κ1) is 10.8. The zero-order valence-electron chi connectivity index (χ0n) is 10.4.